The van der Waals surface area contributed by atoms with E-state index in [1.54, 1.807) is 6.92 Å². The van der Waals surface area contributed by atoms with Gasteiger partial charge in [0.15, 0.2) is 0 Å². The molecule has 0 saturated carbocycles. The molecule has 0 aliphatic carbocycles. The molecule has 23 heavy (non-hydrogen) atoms. The van der Waals surface area contributed by atoms with Gasteiger partial charge in [0, 0.05) is 33.3 Å². The van der Waals surface area contributed by atoms with E-state index < -0.39 is 0 Å². The molecular formula is C18H24N4O. The second-order valence-corrected chi connectivity index (χ2v) is 6.48. The molecule has 0 aromatic carbocycles. The third-order valence-corrected chi connectivity index (χ3v) is 4.80. The minimum absolute atomic E-state index is 0.190. The fourth-order valence-corrected chi connectivity index (χ4v) is 3.29. The Kier molecular flexibility index (Phi) is 4.46. The van der Waals surface area contributed by atoms with Gasteiger partial charge in [-0.2, -0.15) is 0 Å². The van der Waals surface area contributed by atoms with Crippen LogP contribution in [0.25, 0.3) is 11.4 Å². The van der Waals surface area contributed by atoms with E-state index in [4.69, 9.17) is 0 Å². The first-order valence-corrected chi connectivity index (χ1v) is 8.23. The Labute approximate surface area is 137 Å². The molecule has 1 atom stereocenters. The third-order valence-electron chi connectivity index (χ3n) is 4.80. The van der Waals surface area contributed by atoms with Crippen LogP contribution in [0.2, 0.25) is 0 Å². The van der Waals surface area contributed by atoms with E-state index in [0.717, 1.165) is 43.1 Å². The summed E-state index contributed by atoms with van der Waals surface area (Å²) in [6.45, 7) is 5.43. The maximum Gasteiger partial charge on any atom is 0.219 e. The van der Waals surface area contributed by atoms with Crippen molar-refractivity contribution in [2.45, 2.75) is 33.1 Å². The van der Waals surface area contributed by atoms with E-state index in [2.05, 4.69) is 22.1 Å². The van der Waals surface area contributed by atoms with Gasteiger partial charge in [0.25, 0.3) is 0 Å². The number of nitrogens with zero attached hydrogens (tertiary/aromatic N) is 4. The zero-order valence-electron chi connectivity index (χ0n) is 14.1. The van der Waals surface area contributed by atoms with Crippen LogP contribution in [0.5, 0.6) is 0 Å². The van der Waals surface area contributed by atoms with Crippen LogP contribution < -0.4 is 0 Å². The molecule has 3 rings (SSSR count). The molecule has 3 heterocycles. The van der Waals surface area contributed by atoms with E-state index in [0.29, 0.717) is 5.92 Å². The van der Waals surface area contributed by atoms with E-state index in [-0.39, 0.29) is 5.91 Å². The molecule has 0 bridgehead atoms. The molecule has 0 radical (unpaired) electrons. The lowest BCUT2D eigenvalue weighted by Crippen LogP contribution is -2.39. The predicted octanol–water partition coefficient (Wildman–Crippen LogP) is 2.59. The fraction of sp³-hybridized carbons (Fsp3) is 0.500. The van der Waals surface area contributed by atoms with Crippen LogP contribution in [0.4, 0.5) is 0 Å². The minimum atomic E-state index is 0.190. The number of aryl methyl sites for hydroxylation is 1. The summed E-state index contributed by atoms with van der Waals surface area (Å²) in [5.41, 5.74) is 3.23. The number of imidazole rings is 1. The number of piperidine rings is 1. The topological polar surface area (TPSA) is 51.0 Å². The monoisotopic (exact) mass is 312 g/mol. The lowest BCUT2D eigenvalue weighted by molar-refractivity contribution is -0.130. The van der Waals surface area contributed by atoms with Crippen molar-refractivity contribution >= 4 is 5.91 Å². The number of amides is 1. The number of rotatable bonds is 3. The van der Waals surface area contributed by atoms with Gasteiger partial charge in [0.2, 0.25) is 5.91 Å². The van der Waals surface area contributed by atoms with Crippen LogP contribution in [0.3, 0.4) is 0 Å². The zero-order valence-corrected chi connectivity index (χ0v) is 14.1. The number of likely N-dealkylation sites (tertiary alicyclic amines) is 1. The van der Waals surface area contributed by atoms with Gasteiger partial charge in [-0.3, -0.25) is 9.78 Å². The Bertz CT molecular complexity index is 690. The molecule has 2 aromatic rings. The van der Waals surface area contributed by atoms with Crippen LogP contribution in [0.1, 0.15) is 31.2 Å². The quantitative estimate of drug-likeness (QED) is 0.875. The van der Waals surface area contributed by atoms with Crippen LogP contribution in [0, 0.1) is 12.8 Å². The summed E-state index contributed by atoms with van der Waals surface area (Å²) in [5.74, 6) is 1.71. The van der Waals surface area contributed by atoms with Crippen molar-refractivity contribution in [2.75, 3.05) is 13.1 Å². The highest BCUT2D eigenvalue weighted by atomic mass is 16.2. The molecule has 2 aromatic heterocycles. The summed E-state index contributed by atoms with van der Waals surface area (Å²) in [5, 5.41) is 0. The summed E-state index contributed by atoms with van der Waals surface area (Å²) in [7, 11) is 2.01. The third kappa shape index (κ3) is 3.44. The van der Waals surface area contributed by atoms with Crippen molar-refractivity contribution in [3.05, 3.63) is 35.9 Å². The van der Waals surface area contributed by atoms with Crippen molar-refractivity contribution in [2.24, 2.45) is 13.0 Å². The van der Waals surface area contributed by atoms with Gasteiger partial charge < -0.3 is 9.47 Å². The van der Waals surface area contributed by atoms with Crippen molar-refractivity contribution in [3.8, 4) is 11.4 Å². The highest BCUT2D eigenvalue weighted by Crippen LogP contribution is 2.22. The molecule has 1 aliphatic rings. The van der Waals surface area contributed by atoms with Crippen molar-refractivity contribution in [1.29, 1.82) is 0 Å². The molecule has 1 aliphatic heterocycles. The molecule has 5 nitrogen and oxygen atoms in total. The van der Waals surface area contributed by atoms with Gasteiger partial charge in [0.1, 0.15) is 5.82 Å². The van der Waals surface area contributed by atoms with E-state index in [1.807, 2.05) is 35.8 Å². The molecule has 0 unspecified atom stereocenters. The average Bonchev–Trinajstić information content (AvgIpc) is 2.88. The highest BCUT2D eigenvalue weighted by molar-refractivity contribution is 5.73. The summed E-state index contributed by atoms with van der Waals surface area (Å²) < 4.78 is 2.05. The largest absolute Gasteiger partial charge is 0.343 e. The molecular weight excluding hydrogens is 288 g/mol. The van der Waals surface area contributed by atoms with Crippen LogP contribution in [-0.2, 0) is 18.3 Å². The Morgan fingerprint density at radius 1 is 1.30 bits per heavy atom. The molecule has 5 heteroatoms. The summed E-state index contributed by atoms with van der Waals surface area (Å²) in [6, 6.07) is 4.22. The number of hydrogen-bond acceptors (Lipinski definition) is 3. The molecule has 1 amide bonds. The Morgan fingerprint density at radius 3 is 2.74 bits per heavy atom. The van der Waals surface area contributed by atoms with Crippen LogP contribution >= 0.6 is 0 Å². The van der Waals surface area contributed by atoms with Gasteiger partial charge in [-0.1, -0.05) is 6.07 Å². The maximum absolute atomic E-state index is 11.5. The lowest BCUT2D eigenvalue weighted by Gasteiger charge is -2.32. The summed E-state index contributed by atoms with van der Waals surface area (Å²) >= 11 is 0. The standard InChI is InChI=1S/C18H24N4O/c1-13-19-11-18(21(13)3)17-7-6-15(10-20-17)9-16-5-4-8-22(12-16)14(2)23/h6-7,10-11,16H,4-5,8-9,12H2,1-3H3/t16-/m0/s1. The first-order chi connectivity index (χ1) is 11.0. The highest BCUT2D eigenvalue weighted by Gasteiger charge is 2.21. The van der Waals surface area contributed by atoms with Gasteiger partial charge in [-0.05, 0) is 43.7 Å². The van der Waals surface area contributed by atoms with Gasteiger partial charge in [-0.25, -0.2) is 4.98 Å². The predicted molar refractivity (Wildman–Crippen MR) is 89.9 cm³/mol. The van der Waals surface area contributed by atoms with Crippen LogP contribution in [0.15, 0.2) is 24.5 Å². The number of hydrogen-bond donors (Lipinski definition) is 0. The van der Waals surface area contributed by atoms with E-state index >= 15 is 0 Å². The molecule has 1 saturated heterocycles. The number of carbonyl (C=O) groups is 1. The molecule has 0 N–H and O–H groups in total. The molecule has 1 fully saturated rings. The van der Waals surface area contributed by atoms with Gasteiger partial charge >= 0.3 is 0 Å². The van der Waals surface area contributed by atoms with Gasteiger partial charge in [0.05, 0.1) is 17.6 Å². The second-order valence-electron chi connectivity index (χ2n) is 6.48. The Morgan fingerprint density at radius 2 is 2.13 bits per heavy atom. The summed E-state index contributed by atoms with van der Waals surface area (Å²) in [6.07, 6.45) is 7.10. The number of carbonyl (C=O) groups excluding carboxylic acids is 1. The van der Waals surface area contributed by atoms with Crippen LogP contribution in [-0.4, -0.2) is 38.4 Å². The molecule has 0 spiro atoms. The lowest BCUT2D eigenvalue weighted by atomic mass is 9.92. The SMILES string of the molecule is CC(=O)N1CCC[C@@H](Cc2ccc(-c3cnc(C)n3C)nc2)C1. The van der Waals surface area contributed by atoms with E-state index in [9.17, 15) is 4.79 Å². The minimum Gasteiger partial charge on any atom is -0.343 e. The fourth-order valence-electron chi connectivity index (χ4n) is 3.29. The number of pyridine rings is 1. The first-order valence-electron chi connectivity index (χ1n) is 8.23. The molecule has 122 valence electrons. The van der Waals surface area contributed by atoms with Crippen molar-refractivity contribution in [3.63, 3.8) is 0 Å². The van der Waals surface area contributed by atoms with E-state index in [1.165, 1.54) is 12.0 Å². The normalized spacial score (nSPS) is 18.2. The Balaban J connectivity index is 1.68. The van der Waals surface area contributed by atoms with Crippen molar-refractivity contribution in [1.82, 2.24) is 19.4 Å². The first kappa shape index (κ1) is 15.7. The van der Waals surface area contributed by atoms with Crippen molar-refractivity contribution < 1.29 is 4.79 Å². The summed E-state index contributed by atoms with van der Waals surface area (Å²) in [4.78, 5) is 22.4. The number of aromatic nitrogens is 3. The zero-order chi connectivity index (χ0) is 16.4. The maximum atomic E-state index is 11.5. The van der Waals surface area contributed by atoms with Gasteiger partial charge in [-0.15, -0.1) is 0 Å². The Hall–Kier alpha value is -2.17. The average molecular weight is 312 g/mol. The second kappa shape index (κ2) is 6.52. The smallest absolute Gasteiger partial charge is 0.219 e.